The number of aryl methyl sites for hydroxylation is 1. The first kappa shape index (κ1) is 26.0. The quantitative estimate of drug-likeness (QED) is 0.282. The van der Waals surface area contributed by atoms with Gasteiger partial charge in [0.1, 0.15) is 11.6 Å². The molecule has 3 aromatic carbocycles. The first-order valence-corrected chi connectivity index (χ1v) is 12.3. The Morgan fingerprint density at radius 2 is 1.92 bits per heavy atom. The number of anilines is 1. The Labute approximate surface area is 220 Å². The zero-order chi connectivity index (χ0) is 26.4. The van der Waals surface area contributed by atoms with Crippen LogP contribution in [0.2, 0.25) is 0 Å². The van der Waals surface area contributed by atoms with Crippen LogP contribution in [0.3, 0.4) is 0 Å². The second-order valence-corrected chi connectivity index (χ2v) is 8.97. The average molecular weight is 567 g/mol. The molecular formula is C27H24BrFN4O4. The molecule has 0 unspecified atom stereocenters. The second kappa shape index (κ2) is 11.8. The Hall–Kier alpha value is -4.05. The fourth-order valence-corrected chi connectivity index (χ4v) is 3.94. The van der Waals surface area contributed by atoms with E-state index in [9.17, 15) is 14.0 Å². The van der Waals surface area contributed by atoms with Gasteiger partial charge in [0, 0.05) is 16.6 Å². The molecule has 1 amide bonds. The summed E-state index contributed by atoms with van der Waals surface area (Å²) in [5.74, 6) is 0.518. The fraction of sp³-hybridized carbons (Fsp3) is 0.185. The molecule has 10 heteroatoms. The molecule has 0 aliphatic rings. The lowest BCUT2D eigenvalue weighted by Crippen LogP contribution is -2.22. The summed E-state index contributed by atoms with van der Waals surface area (Å²) in [5, 5.41) is 7.52. The van der Waals surface area contributed by atoms with Gasteiger partial charge < -0.3 is 14.8 Å². The molecule has 1 N–H and O–H groups in total. The molecule has 37 heavy (non-hydrogen) atoms. The maximum absolute atomic E-state index is 13.2. The first-order valence-electron chi connectivity index (χ1n) is 11.5. The lowest BCUT2D eigenvalue weighted by atomic mass is 10.2. The van der Waals surface area contributed by atoms with E-state index in [0.717, 1.165) is 10.9 Å². The predicted octanol–water partition coefficient (Wildman–Crippen LogP) is 5.16. The molecule has 0 aliphatic carbocycles. The summed E-state index contributed by atoms with van der Waals surface area (Å²) in [6, 6.07) is 15.9. The van der Waals surface area contributed by atoms with Crippen LogP contribution in [0.5, 0.6) is 11.5 Å². The number of amides is 1. The van der Waals surface area contributed by atoms with E-state index >= 15 is 0 Å². The molecule has 0 radical (unpaired) electrons. The lowest BCUT2D eigenvalue weighted by molar-refractivity contribution is -0.118. The highest BCUT2D eigenvalue weighted by Crippen LogP contribution is 2.27. The Kier molecular flexibility index (Phi) is 8.29. The van der Waals surface area contributed by atoms with Crippen LogP contribution in [-0.2, 0) is 11.2 Å². The summed E-state index contributed by atoms with van der Waals surface area (Å²) in [6.07, 6.45) is 2.94. The van der Waals surface area contributed by atoms with Gasteiger partial charge in [-0.25, -0.2) is 9.37 Å². The number of benzene rings is 3. The Balaban J connectivity index is 1.52. The van der Waals surface area contributed by atoms with Crippen molar-refractivity contribution in [3.8, 4) is 11.5 Å². The third kappa shape index (κ3) is 6.39. The van der Waals surface area contributed by atoms with Crippen LogP contribution in [0, 0.1) is 5.82 Å². The number of nitrogens with one attached hydrogen (secondary N) is 1. The highest BCUT2D eigenvalue weighted by atomic mass is 79.9. The molecule has 0 bridgehead atoms. The minimum Gasteiger partial charge on any atom is -0.493 e. The van der Waals surface area contributed by atoms with Crippen molar-refractivity contribution in [1.82, 2.24) is 9.66 Å². The molecular weight excluding hydrogens is 543 g/mol. The van der Waals surface area contributed by atoms with E-state index in [1.807, 2.05) is 13.0 Å². The molecule has 4 rings (SSSR count). The van der Waals surface area contributed by atoms with Crippen molar-refractivity contribution in [2.45, 2.75) is 19.8 Å². The molecule has 4 aromatic rings. The largest absolute Gasteiger partial charge is 0.493 e. The zero-order valence-corrected chi connectivity index (χ0v) is 21.8. The summed E-state index contributed by atoms with van der Waals surface area (Å²) in [7, 11) is 1.48. The summed E-state index contributed by atoms with van der Waals surface area (Å²) in [4.78, 5) is 30.0. The Morgan fingerprint density at radius 1 is 1.14 bits per heavy atom. The van der Waals surface area contributed by atoms with Crippen molar-refractivity contribution < 1.29 is 18.7 Å². The maximum Gasteiger partial charge on any atom is 0.282 e. The number of hydrogen-bond acceptors (Lipinski definition) is 6. The van der Waals surface area contributed by atoms with Gasteiger partial charge in [0.25, 0.3) is 11.5 Å². The van der Waals surface area contributed by atoms with E-state index in [0.29, 0.717) is 45.9 Å². The molecule has 0 fully saturated rings. The van der Waals surface area contributed by atoms with Gasteiger partial charge >= 0.3 is 0 Å². The standard InChI is InChI=1S/C27H24BrFN4O4/c1-3-4-25-32-22-11-6-18(28)14-21(22)27(35)33(25)30-15-17-5-12-23(24(13-17)36-2)37-16-26(34)31-20-9-7-19(29)8-10-20/h5-15H,3-4,16H2,1-2H3,(H,31,34). The van der Waals surface area contributed by atoms with Crippen molar-refractivity contribution in [3.05, 3.63) is 92.7 Å². The lowest BCUT2D eigenvalue weighted by Gasteiger charge is -2.12. The topological polar surface area (TPSA) is 94.8 Å². The number of methoxy groups -OCH3 is 1. The average Bonchev–Trinajstić information content (AvgIpc) is 2.89. The molecule has 8 nitrogen and oxygen atoms in total. The molecule has 0 saturated heterocycles. The van der Waals surface area contributed by atoms with Gasteiger partial charge in [0.2, 0.25) is 0 Å². The van der Waals surface area contributed by atoms with E-state index in [4.69, 9.17) is 9.47 Å². The number of rotatable bonds is 9. The summed E-state index contributed by atoms with van der Waals surface area (Å²) in [5.41, 5.74) is 1.48. The number of fused-ring (bicyclic) bond motifs is 1. The van der Waals surface area contributed by atoms with Gasteiger partial charge in [-0.2, -0.15) is 9.78 Å². The normalized spacial score (nSPS) is 11.1. The number of carbonyl (C=O) groups excluding carboxylic acids is 1. The number of aromatic nitrogens is 2. The van der Waals surface area contributed by atoms with Crippen LogP contribution < -0.4 is 20.3 Å². The monoisotopic (exact) mass is 566 g/mol. The van der Waals surface area contributed by atoms with Gasteiger partial charge in [0.05, 0.1) is 24.2 Å². The van der Waals surface area contributed by atoms with Crippen LogP contribution in [-0.4, -0.2) is 35.5 Å². The van der Waals surface area contributed by atoms with Crippen LogP contribution in [0.4, 0.5) is 10.1 Å². The van der Waals surface area contributed by atoms with Crippen molar-refractivity contribution in [1.29, 1.82) is 0 Å². The van der Waals surface area contributed by atoms with Crippen molar-refractivity contribution >= 4 is 44.6 Å². The SMILES string of the molecule is CCCc1nc2ccc(Br)cc2c(=O)n1N=Cc1ccc(OCC(=O)Nc2ccc(F)cc2)c(OC)c1. The first-order chi connectivity index (χ1) is 17.9. The van der Waals surface area contributed by atoms with Crippen LogP contribution in [0.15, 0.2) is 75.0 Å². The molecule has 1 aromatic heterocycles. The van der Waals surface area contributed by atoms with E-state index in [-0.39, 0.29) is 18.0 Å². The summed E-state index contributed by atoms with van der Waals surface area (Å²) >= 11 is 3.40. The Morgan fingerprint density at radius 3 is 2.65 bits per heavy atom. The molecule has 0 spiro atoms. The summed E-state index contributed by atoms with van der Waals surface area (Å²) in [6.45, 7) is 1.74. The number of hydrogen-bond donors (Lipinski definition) is 1. The third-order valence-electron chi connectivity index (χ3n) is 5.35. The highest BCUT2D eigenvalue weighted by Gasteiger charge is 2.12. The van der Waals surface area contributed by atoms with Crippen LogP contribution in [0.1, 0.15) is 24.7 Å². The smallest absolute Gasteiger partial charge is 0.282 e. The molecule has 190 valence electrons. The van der Waals surface area contributed by atoms with Crippen LogP contribution >= 0.6 is 15.9 Å². The third-order valence-corrected chi connectivity index (χ3v) is 5.84. The van der Waals surface area contributed by atoms with Gasteiger partial charge in [-0.05, 0) is 72.6 Å². The highest BCUT2D eigenvalue weighted by molar-refractivity contribution is 9.10. The van der Waals surface area contributed by atoms with Crippen molar-refractivity contribution in [2.75, 3.05) is 19.0 Å². The molecule has 0 atom stereocenters. The number of nitrogens with zero attached hydrogens (tertiary/aromatic N) is 3. The van der Waals surface area contributed by atoms with Crippen molar-refractivity contribution in [3.63, 3.8) is 0 Å². The zero-order valence-electron chi connectivity index (χ0n) is 20.2. The van der Waals surface area contributed by atoms with E-state index < -0.39 is 5.91 Å². The minimum absolute atomic E-state index is 0.259. The second-order valence-electron chi connectivity index (χ2n) is 8.06. The van der Waals surface area contributed by atoms with E-state index in [1.54, 1.807) is 36.5 Å². The summed E-state index contributed by atoms with van der Waals surface area (Å²) < 4.78 is 26.1. The Bertz CT molecular complexity index is 1520. The van der Waals surface area contributed by atoms with Crippen LogP contribution in [0.25, 0.3) is 10.9 Å². The van der Waals surface area contributed by atoms with E-state index in [1.165, 1.54) is 36.1 Å². The number of ether oxygens (including phenoxy) is 2. The van der Waals surface area contributed by atoms with Crippen molar-refractivity contribution in [2.24, 2.45) is 5.10 Å². The molecule has 1 heterocycles. The van der Waals surface area contributed by atoms with Gasteiger partial charge in [-0.1, -0.05) is 22.9 Å². The van der Waals surface area contributed by atoms with E-state index in [2.05, 4.69) is 31.3 Å². The minimum atomic E-state index is -0.405. The maximum atomic E-state index is 13.2. The van der Waals surface area contributed by atoms with Gasteiger partial charge in [-0.15, -0.1) is 0 Å². The fourth-order valence-electron chi connectivity index (χ4n) is 3.58. The van der Waals surface area contributed by atoms with Gasteiger partial charge in [0.15, 0.2) is 18.1 Å². The predicted molar refractivity (Wildman–Crippen MR) is 144 cm³/mol. The van der Waals surface area contributed by atoms with Gasteiger partial charge in [-0.3, -0.25) is 9.59 Å². The molecule has 0 saturated carbocycles. The molecule has 0 aliphatic heterocycles. The number of carbonyl (C=O) groups is 1. The number of halogens is 2.